The van der Waals surface area contributed by atoms with Crippen LogP contribution in [-0.2, 0) is 6.54 Å². The Bertz CT molecular complexity index is 333. The van der Waals surface area contributed by atoms with Gasteiger partial charge in [0.15, 0.2) is 0 Å². The van der Waals surface area contributed by atoms with Crippen molar-refractivity contribution in [2.75, 3.05) is 13.1 Å². The van der Waals surface area contributed by atoms with Gasteiger partial charge in [0.05, 0.1) is 0 Å². The lowest BCUT2D eigenvalue weighted by Crippen LogP contribution is -2.31. The summed E-state index contributed by atoms with van der Waals surface area (Å²) in [5.74, 6) is 0. The van der Waals surface area contributed by atoms with Crippen molar-refractivity contribution in [1.82, 2.24) is 10.6 Å². The SMILES string of the molecule is Cc1cc(C)c(CNCCNC(C)C)c(C)c1. The molecule has 1 aromatic carbocycles. The molecule has 0 unspecified atom stereocenters. The summed E-state index contributed by atoms with van der Waals surface area (Å²) in [7, 11) is 0. The van der Waals surface area contributed by atoms with Gasteiger partial charge in [-0.15, -0.1) is 0 Å². The van der Waals surface area contributed by atoms with E-state index in [1.165, 1.54) is 22.3 Å². The van der Waals surface area contributed by atoms with E-state index < -0.39 is 0 Å². The van der Waals surface area contributed by atoms with Crippen LogP contribution in [0, 0.1) is 20.8 Å². The molecule has 0 spiro atoms. The third-order valence-corrected chi connectivity index (χ3v) is 3.00. The molecule has 0 aliphatic carbocycles. The maximum Gasteiger partial charge on any atom is 0.0211 e. The molecule has 2 heteroatoms. The highest BCUT2D eigenvalue weighted by atomic mass is 15.0. The van der Waals surface area contributed by atoms with E-state index in [1.54, 1.807) is 0 Å². The minimum absolute atomic E-state index is 0.569. The summed E-state index contributed by atoms with van der Waals surface area (Å²) < 4.78 is 0. The van der Waals surface area contributed by atoms with E-state index in [4.69, 9.17) is 0 Å². The molecule has 0 aliphatic heterocycles. The monoisotopic (exact) mass is 234 g/mol. The van der Waals surface area contributed by atoms with Gasteiger partial charge in [0.1, 0.15) is 0 Å². The number of hydrogen-bond acceptors (Lipinski definition) is 2. The second-order valence-electron chi connectivity index (χ2n) is 5.16. The molecule has 0 fully saturated rings. The third-order valence-electron chi connectivity index (χ3n) is 3.00. The number of nitrogens with one attached hydrogen (secondary N) is 2. The molecule has 2 nitrogen and oxygen atoms in total. The van der Waals surface area contributed by atoms with Crippen LogP contribution in [0.15, 0.2) is 12.1 Å². The molecule has 2 N–H and O–H groups in total. The Morgan fingerprint density at radius 3 is 2.12 bits per heavy atom. The van der Waals surface area contributed by atoms with Crippen molar-refractivity contribution >= 4 is 0 Å². The number of hydrogen-bond donors (Lipinski definition) is 2. The van der Waals surface area contributed by atoms with Gasteiger partial charge in [-0.25, -0.2) is 0 Å². The summed E-state index contributed by atoms with van der Waals surface area (Å²) in [5.41, 5.74) is 5.59. The second kappa shape index (κ2) is 6.77. The lowest BCUT2D eigenvalue weighted by Gasteiger charge is -2.13. The van der Waals surface area contributed by atoms with Crippen LogP contribution in [-0.4, -0.2) is 19.1 Å². The smallest absolute Gasteiger partial charge is 0.0211 e. The number of rotatable bonds is 6. The van der Waals surface area contributed by atoms with Crippen LogP contribution in [0.5, 0.6) is 0 Å². The van der Waals surface area contributed by atoms with Crippen LogP contribution < -0.4 is 10.6 Å². The van der Waals surface area contributed by atoms with Crippen LogP contribution in [0.4, 0.5) is 0 Å². The molecule has 96 valence electrons. The summed E-state index contributed by atoms with van der Waals surface area (Å²) in [4.78, 5) is 0. The van der Waals surface area contributed by atoms with Gasteiger partial charge < -0.3 is 10.6 Å². The highest BCUT2D eigenvalue weighted by Gasteiger charge is 2.03. The van der Waals surface area contributed by atoms with E-state index in [9.17, 15) is 0 Å². The topological polar surface area (TPSA) is 24.1 Å². The van der Waals surface area contributed by atoms with Crippen molar-refractivity contribution in [2.45, 2.75) is 47.2 Å². The molecule has 17 heavy (non-hydrogen) atoms. The van der Waals surface area contributed by atoms with Crippen LogP contribution in [0.2, 0.25) is 0 Å². The minimum Gasteiger partial charge on any atom is -0.313 e. The first-order valence-electron chi connectivity index (χ1n) is 6.51. The number of aryl methyl sites for hydroxylation is 3. The normalized spacial score (nSPS) is 11.2. The van der Waals surface area contributed by atoms with Crippen molar-refractivity contribution in [3.05, 3.63) is 34.4 Å². The first-order valence-corrected chi connectivity index (χ1v) is 6.51. The Kier molecular flexibility index (Phi) is 5.66. The molecule has 0 aromatic heterocycles. The van der Waals surface area contributed by atoms with Crippen molar-refractivity contribution in [2.24, 2.45) is 0 Å². The molecule has 0 aliphatic rings. The first-order chi connectivity index (χ1) is 8.00. The molecule has 0 heterocycles. The Hall–Kier alpha value is -0.860. The fourth-order valence-electron chi connectivity index (χ4n) is 2.15. The van der Waals surface area contributed by atoms with Gasteiger partial charge in [-0.3, -0.25) is 0 Å². The quantitative estimate of drug-likeness (QED) is 0.740. The van der Waals surface area contributed by atoms with Crippen molar-refractivity contribution in [3.8, 4) is 0 Å². The molecule has 0 amide bonds. The fraction of sp³-hybridized carbons (Fsp3) is 0.600. The molecular weight excluding hydrogens is 208 g/mol. The van der Waals surface area contributed by atoms with Gasteiger partial charge in [0.25, 0.3) is 0 Å². The zero-order valence-electron chi connectivity index (χ0n) is 11.9. The zero-order valence-corrected chi connectivity index (χ0v) is 11.9. The van der Waals surface area contributed by atoms with E-state index in [1.807, 2.05) is 0 Å². The van der Waals surface area contributed by atoms with E-state index in [-0.39, 0.29) is 0 Å². The maximum absolute atomic E-state index is 3.50. The molecule has 0 radical (unpaired) electrons. The lowest BCUT2D eigenvalue weighted by atomic mass is 10.00. The second-order valence-corrected chi connectivity index (χ2v) is 5.16. The maximum atomic E-state index is 3.50. The van der Waals surface area contributed by atoms with Gasteiger partial charge in [-0.1, -0.05) is 31.5 Å². The van der Waals surface area contributed by atoms with Crippen LogP contribution >= 0.6 is 0 Å². The number of benzene rings is 1. The molecule has 1 rings (SSSR count). The first kappa shape index (κ1) is 14.2. The van der Waals surface area contributed by atoms with Gasteiger partial charge in [0, 0.05) is 25.7 Å². The van der Waals surface area contributed by atoms with Gasteiger partial charge in [-0.05, 0) is 37.5 Å². The van der Waals surface area contributed by atoms with E-state index >= 15 is 0 Å². The molecule has 0 saturated heterocycles. The predicted octanol–water partition coefficient (Wildman–Crippen LogP) is 2.70. The average molecular weight is 234 g/mol. The minimum atomic E-state index is 0.569. The van der Waals surface area contributed by atoms with Crippen molar-refractivity contribution in [1.29, 1.82) is 0 Å². The van der Waals surface area contributed by atoms with Crippen LogP contribution in [0.1, 0.15) is 36.1 Å². The van der Waals surface area contributed by atoms with E-state index in [0.29, 0.717) is 6.04 Å². The summed E-state index contributed by atoms with van der Waals surface area (Å²) in [6.45, 7) is 13.9. The Morgan fingerprint density at radius 1 is 1.00 bits per heavy atom. The van der Waals surface area contributed by atoms with Gasteiger partial charge >= 0.3 is 0 Å². The Labute approximate surface area is 106 Å². The lowest BCUT2D eigenvalue weighted by molar-refractivity contribution is 0.555. The van der Waals surface area contributed by atoms with Gasteiger partial charge in [-0.2, -0.15) is 0 Å². The molecule has 0 saturated carbocycles. The van der Waals surface area contributed by atoms with Crippen LogP contribution in [0.3, 0.4) is 0 Å². The Morgan fingerprint density at radius 2 is 1.59 bits per heavy atom. The predicted molar refractivity (Wildman–Crippen MR) is 75.5 cm³/mol. The van der Waals surface area contributed by atoms with Crippen molar-refractivity contribution in [3.63, 3.8) is 0 Å². The van der Waals surface area contributed by atoms with E-state index in [2.05, 4.69) is 57.4 Å². The van der Waals surface area contributed by atoms with E-state index in [0.717, 1.165) is 19.6 Å². The summed E-state index contributed by atoms with van der Waals surface area (Å²) >= 11 is 0. The zero-order chi connectivity index (χ0) is 12.8. The highest BCUT2D eigenvalue weighted by Crippen LogP contribution is 2.15. The average Bonchev–Trinajstić information content (AvgIpc) is 2.20. The fourth-order valence-corrected chi connectivity index (χ4v) is 2.15. The molecule has 0 bridgehead atoms. The van der Waals surface area contributed by atoms with Crippen molar-refractivity contribution < 1.29 is 0 Å². The molecule has 1 aromatic rings. The molecule has 0 atom stereocenters. The van der Waals surface area contributed by atoms with Crippen LogP contribution in [0.25, 0.3) is 0 Å². The standard InChI is InChI=1S/C15H26N2/c1-11(2)17-7-6-16-10-15-13(4)8-12(3)9-14(15)5/h8-9,11,16-17H,6-7,10H2,1-5H3. The highest BCUT2D eigenvalue weighted by molar-refractivity contribution is 5.37. The summed E-state index contributed by atoms with van der Waals surface area (Å²) in [5, 5.41) is 6.90. The van der Waals surface area contributed by atoms with Gasteiger partial charge in [0.2, 0.25) is 0 Å². The molecular formula is C15H26N2. The largest absolute Gasteiger partial charge is 0.313 e. The Balaban J connectivity index is 2.42. The summed E-state index contributed by atoms with van der Waals surface area (Å²) in [6.07, 6.45) is 0. The third kappa shape index (κ3) is 4.88. The summed E-state index contributed by atoms with van der Waals surface area (Å²) in [6, 6.07) is 5.09.